The second-order valence-corrected chi connectivity index (χ2v) is 5.93. The molecule has 0 heterocycles. The number of carbonyl (C=O) groups excluding carboxylic acids is 1. The Hall–Kier alpha value is -1.84. The zero-order chi connectivity index (χ0) is 15.5. The van der Waals surface area contributed by atoms with Crippen LogP contribution in [0.2, 0.25) is 0 Å². The van der Waals surface area contributed by atoms with E-state index in [1.807, 2.05) is 37.3 Å². The van der Waals surface area contributed by atoms with Crippen LogP contribution in [0.3, 0.4) is 0 Å². The van der Waals surface area contributed by atoms with Crippen molar-refractivity contribution in [3.8, 4) is 0 Å². The predicted molar refractivity (Wildman–Crippen MR) is 81.1 cm³/mol. The topological polar surface area (TPSA) is 57.6 Å². The standard InChI is InChI=1S/C17H23NO3/c1-13(14-9-5-3-6-10-14)15(19)18(2)17(16(20)21)11-7-4-8-12-17/h3,5-6,9-10,13H,4,7-8,11-12H2,1-2H3,(H,20,21)/t13-/m1/s1. The SMILES string of the molecule is C[C@@H](C(=O)N(C)C1(C(=O)O)CCCCC1)c1ccccc1. The van der Waals surface area contributed by atoms with E-state index in [2.05, 4.69) is 0 Å². The van der Waals surface area contributed by atoms with Gasteiger partial charge in [0.1, 0.15) is 5.54 Å². The molecule has 1 fully saturated rings. The molecule has 0 saturated heterocycles. The molecule has 1 aliphatic carbocycles. The average molecular weight is 289 g/mol. The van der Waals surface area contributed by atoms with Crippen LogP contribution in [0.1, 0.15) is 50.5 Å². The van der Waals surface area contributed by atoms with Gasteiger partial charge in [0, 0.05) is 7.05 Å². The Morgan fingerprint density at radius 1 is 1.14 bits per heavy atom. The van der Waals surface area contributed by atoms with Crippen molar-refractivity contribution in [1.82, 2.24) is 4.90 Å². The highest BCUT2D eigenvalue weighted by Gasteiger charge is 2.46. The number of benzene rings is 1. The Balaban J connectivity index is 2.22. The van der Waals surface area contributed by atoms with E-state index in [1.165, 1.54) is 4.90 Å². The summed E-state index contributed by atoms with van der Waals surface area (Å²) in [7, 11) is 1.64. The highest BCUT2D eigenvalue weighted by Crippen LogP contribution is 2.35. The van der Waals surface area contributed by atoms with Gasteiger partial charge in [-0.25, -0.2) is 4.79 Å². The second kappa shape index (κ2) is 6.29. The quantitative estimate of drug-likeness (QED) is 0.927. The molecule has 0 aromatic heterocycles. The van der Waals surface area contributed by atoms with Gasteiger partial charge in [-0.15, -0.1) is 0 Å². The number of carboxylic acid groups (broad SMARTS) is 1. The molecule has 0 aliphatic heterocycles. The number of aliphatic carboxylic acids is 1. The van der Waals surface area contributed by atoms with Gasteiger partial charge in [0.15, 0.2) is 0 Å². The summed E-state index contributed by atoms with van der Waals surface area (Å²) >= 11 is 0. The van der Waals surface area contributed by atoms with Crippen LogP contribution in [-0.2, 0) is 9.59 Å². The van der Waals surface area contributed by atoms with E-state index in [0.29, 0.717) is 12.8 Å². The number of carbonyl (C=O) groups is 2. The molecular weight excluding hydrogens is 266 g/mol. The summed E-state index contributed by atoms with van der Waals surface area (Å²) in [6, 6.07) is 9.51. The number of rotatable bonds is 4. The number of hydrogen-bond acceptors (Lipinski definition) is 2. The fourth-order valence-corrected chi connectivity index (χ4v) is 3.22. The van der Waals surface area contributed by atoms with Gasteiger partial charge in [-0.3, -0.25) is 4.79 Å². The smallest absolute Gasteiger partial charge is 0.329 e. The minimum Gasteiger partial charge on any atom is -0.479 e. The molecule has 4 nitrogen and oxygen atoms in total. The van der Waals surface area contributed by atoms with Crippen molar-refractivity contribution in [3.05, 3.63) is 35.9 Å². The van der Waals surface area contributed by atoms with E-state index in [1.54, 1.807) is 7.05 Å². The van der Waals surface area contributed by atoms with Crippen molar-refractivity contribution in [2.75, 3.05) is 7.05 Å². The molecular formula is C17H23NO3. The van der Waals surface area contributed by atoms with Crippen LogP contribution in [0.5, 0.6) is 0 Å². The van der Waals surface area contributed by atoms with Crippen molar-refractivity contribution in [3.63, 3.8) is 0 Å². The minimum absolute atomic E-state index is 0.120. The lowest BCUT2D eigenvalue weighted by atomic mass is 9.79. The minimum atomic E-state index is -1.03. The molecule has 1 aromatic rings. The van der Waals surface area contributed by atoms with Crippen LogP contribution in [0, 0.1) is 0 Å². The number of carboxylic acids is 1. The summed E-state index contributed by atoms with van der Waals surface area (Å²) in [5, 5.41) is 9.67. The molecule has 1 saturated carbocycles. The van der Waals surface area contributed by atoms with E-state index in [-0.39, 0.29) is 11.8 Å². The third-order valence-corrected chi connectivity index (χ3v) is 4.72. The molecule has 1 atom stereocenters. The molecule has 1 N–H and O–H groups in total. The average Bonchev–Trinajstić information content (AvgIpc) is 2.54. The van der Waals surface area contributed by atoms with Gasteiger partial charge in [-0.1, -0.05) is 49.6 Å². The Morgan fingerprint density at radius 2 is 1.71 bits per heavy atom. The lowest BCUT2D eigenvalue weighted by Gasteiger charge is -2.42. The molecule has 114 valence electrons. The Kier molecular flexibility index (Phi) is 4.66. The fourth-order valence-electron chi connectivity index (χ4n) is 3.22. The van der Waals surface area contributed by atoms with E-state index in [0.717, 1.165) is 24.8 Å². The van der Waals surface area contributed by atoms with Gasteiger partial charge in [0.25, 0.3) is 0 Å². The summed E-state index contributed by atoms with van der Waals surface area (Å²) in [6.45, 7) is 1.84. The van der Waals surface area contributed by atoms with Crippen molar-refractivity contribution in [1.29, 1.82) is 0 Å². The maximum Gasteiger partial charge on any atom is 0.329 e. The number of likely N-dealkylation sites (N-methyl/N-ethyl adjacent to an activating group) is 1. The highest BCUT2D eigenvalue weighted by molar-refractivity contribution is 5.90. The van der Waals surface area contributed by atoms with Crippen LogP contribution in [-0.4, -0.2) is 34.5 Å². The fraction of sp³-hybridized carbons (Fsp3) is 0.529. The van der Waals surface area contributed by atoms with Gasteiger partial charge in [0.2, 0.25) is 5.91 Å². The first-order valence-corrected chi connectivity index (χ1v) is 7.55. The normalized spacial score (nSPS) is 18.8. The first-order valence-electron chi connectivity index (χ1n) is 7.55. The third kappa shape index (κ3) is 2.94. The molecule has 2 rings (SSSR count). The molecule has 0 bridgehead atoms. The lowest BCUT2D eigenvalue weighted by molar-refractivity contribution is -0.160. The first-order chi connectivity index (χ1) is 9.99. The second-order valence-electron chi connectivity index (χ2n) is 5.93. The van der Waals surface area contributed by atoms with Crippen molar-refractivity contribution in [2.45, 2.75) is 50.5 Å². The molecule has 0 unspecified atom stereocenters. The maximum atomic E-state index is 12.7. The van der Waals surface area contributed by atoms with Crippen molar-refractivity contribution in [2.24, 2.45) is 0 Å². The van der Waals surface area contributed by atoms with Crippen molar-refractivity contribution < 1.29 is 14.7 Å². The molecule has 0 spiro atoms. The van der Waals surface area contributed by atoms with E-state index >= 15 is 0 Å². The monoisotopic (exact) mass is 289 g/mol. The van der Waals surface area contributed by atoms with Gasteiger partial charge in [0.05, 0.1) is 5.92 Å². The largest absolute Gasteiger partial charge is 0.479 e. The first kappa shape index (κ1) is 15.5. The molecule has 4 heteroatoms. The van der Waals surface area contributed by atoms with Gasteiger partial charge in [-0.05, 0) is 25.3 Å². The third-order valence-electron chi connectivity index (χ3n) is 4.72. The Labute approximate surface area is 125 Å². The zero-order valence-electron chi connectivity index (χ0n) is 12.7. The van der Waals surface area contributed by atoms with Gasteiger partial charge in [-0.2, -0.15) is 0 Å². The highest BCUT2D eigenvalue weighted by atomic mass is 16.4. The Morgan fingerprint density at radius 3 is 2.24 bits per heavy atom. The van der Waals surface area contributed by atoms with Crippen LogP contribution in [0.25, 0.3) is 0 Å². The lowest BCUT2D eigenvalue weighted by Crippen LogP contribution is -2.57. The van der Waals surface area contributed by atoms with Crippen molar-refractivity contribution >= 4 is 11.9 Å². The summed E-state index contributed by atoms with van der Waals surface area (Å²) in [5.41, 5.74) is -0.107. The number of nitrogens with zero attached hydrogens (tertiary/aromatic N) is 1. The van der Waals surface area contributed by atoms with Crippen LogP contribution in [0.4, 0.5) is 0 Å². The number of hydrogen-bond donors (Lipinski definition) is 1. The molecule has 0 radical (unpaired) electrons. The summed E-state index contributed by atoms with van der Waals surface area (Å²) < 4.78 is 0. The zero-order valence-corrected chi connectivity index (χ0v) is 12.7. The van der Waals surface area contributed by atoms with E-state index in [9.17, 15) is 14.7 Å². The van der Waals surface area contributed by atoms with Crippen LogP contribution in [0.15, 0.2) is 30.3 Å². The summed E-state index contributed by atoms with van der Waals surface area (Å²) in [5.74, 6) is -1.32. The van der Waals surface area contributed by atoms with E-state index < -0.39 is 11.5 Å². The van der Waals surface area contributed by atoms with Crippen LogP contribution < -0.4 is 0 Å². The van der Waals surface area contributed by atoms with Gasteiger partial charge >= 0.3 is 5.97 Å². The summed E-state index contributed by atoms with van der Waals surface area (Å²) in [6.07, 6.45) is 3.87. The molecule has 1 aromatic carbocycles. The van der Waals surface area contributed by atoms with Gasteiger partial charge < -0.3 is 10.0 Å². The van der Waals surface area contributed by atoms with E-state index in [4.69, 9.17) is 0 Å². The molecule has 21 heavy (non-hydrogen) atoms. The predicted octanol–water partition coefficient (Wildman–Crippen LogP) is 3.04. The summed E-state index contributed by atoms with van der Waals surface area (Å²) in [4.78, 5) is 26.0. The molecule has 1 aliphatic rings. The number of amides is 1. The maximum absolute atomic E-state index is 12.7. The van der Waals surface area contributed by atoms with Crippen LogP contribution >= 0.6 is 0 Å². The Bertz CT molecular complexity index is 506. The molecule has 1 amide bonds.